The summed E-state index contributed by atoms with van der Waals surface area (Å²) in [7, 11) is -4.34. The molecule has 2 aliphatic rings. The molecule has 4 atom stereocenters. The molecule has 3 N–H and O–H groups in total. The number of halogens is 2. The van der Waals surface area contributed by atoms with Gasteiger partial charge in [0.25, 0.3) is 10.0 Å². The van der Waals surface area contributed by atoms with Crippen LogP contribution in [0.4, 0.5) is 14.9 Å². The van der Waals surface area contributed by atoms with Crippen LogP contribution in [0, 0.1) is 17.2 Å². The smallest absolute Gasteiger partial charge is 0.336 e. The largest absolute Gasteiger partial charge is 0.350 e. The maximum Gasteiger partial charge on any atom is 0.336 e. The molecule has 0 spiro atoms. The molecule has 2 aliphatic heterocycles. The van der Waals surface area contributed by atoms with Crippen LogP contribution in [0.1, 0.15) is 13.3 Å². The van der Waals surface area contributed by atoms with Crippen LogP contribution in [0.3, 0.4) is 0 Å². The molecule has 3 unspecified atom stereocenters. The molecule has 0 saturated carbocycles. The van der Waals surface area contributed by atoms with Crippen LogP contribution in [-0.2, 0) is 14.8 Å². The van der Waals surface area contributed by atoms with Crippen molar-refractivity contribution in [2.24, 2.45) is 5.92 Å². The molecular formula is C17H19ClFN5O4S. The molecule has 3 amide bonds. The van der Waals surface area contributed by atoms with E-state index in [2.05, 4.69) is 16.0 Å². The summed E-state index contributed by atoms with van der Waals surface area (Å²) < 4.78 is 40.2. The number of anilines is 1. The maximum atomic E-state index is 14.3. The van der Waals surface area contributed by atoms with E-state index in [1.165, 1.54) is 18.2 Å². The van der Waals surface area contributed by atoms with Crippen LogP contribution in [0.25, 0.3) is 0 Å². The van der Waals surface area contributed by atoms with E-state index in [4.69, 9.17) is 16.9 Å². The van der Waals surface area contributed by atoms with Crippen molar-refractivity contribution >= 4 is 39.2 Å². The minimum Gasteiger partial charge on any atom is -0.350 e. The van der Waals surface area contributed by atoms with Crippen molar-refractivity contribution in [3.8, 4) is 6.07 Å². The normalized spacial score (nSPS) is 26.6. The minimum atomic E-state index is -4.34. The Kier molecular flexibility index (Phi) is 5.97. The molecule has 9 nitrogen and oxygen atoms in total. The Balaban J connectivity index is 1.70. The van der Waals surface area contributed by atoms with Crippen molar-refractivity contribution in [1.29, 1.82) is 5.26 Å². The first-order valence-electron chi connectivity index (χ1n) is 8.83. The zero-order valence-electron chi connectivity index (χ0n) is 15.4. The quantitative estimate of drug-likeness (QED) is 0.641. The van der Waals surface area contributed by atoms with Crippen molar-refractivity contribution in [2.45, 2.75) is 36.5 Å². The molecule has 1 saturated heterocycles. The Morgan fingerprint density at radius 3 is 2.90 bits per heavy atom. The van der Waals surface area contributed by atoms with Crippen molar-refractivity contribution in [2.75, 3.05) is 18.4 Å². The number of rotatable bonds is 4. The van der Waals surface area contributed by atoms with E-state index < -0.39 is 52.7 Å². The summed E-state index contributed by atoms with van der Waals surface area (Å²) in [5.41, 5.74) is 0.0336. The van der Waals surface area contributed by atoms with Gasteiger partial charge in [0.05, 0.1) is 28.7 Å². The third kappa shape index (κ3) is 4.14. The van der Waals surface area contributed by atoms with Gasteiger partial charge < -0.3 is 16.0 Å². The Hall–Kier alpha value is -2.42. The van der Waals surface area contributed by atoms with Gasteiger partial charge >= 0.3 is 6.03 Å². The monoisotopic (exact) mass is 443 g/mol. The van der Waals surface area contributed by atoms with Crippen LogP contribution in [0.2, 0.25) is 5.02 Å². The molecule has 2 heterocycles. The van der Waals surface area contributed by atoms with Gasteiger partial charge in [-0.3, -0.25) is 4.79 Å². The Morgan fingerprint density at radius 1 is 1.52 bits per heavy atom. The fourth-order valence-electron chi connectivity index (χ4n) is 3.44. The highest BCUT2D eigenvalue weighted by atomic mass is 35.5. The van der Waals surface area contributed by atoms with Crippen LogP contribution in [0.5, 0.6) is 0 Å². The molecule has 12 heteroatoms. The van der Waals surface area contributed by atoms with Gasteiger partial charge in [-0.15, -0.1) is 0 Å². The van der Waals surface area contributed by atoms with Gasteiger partial charge in [0.15, 0.2) is 0 Å². The lowest BCUT2D eigenvalue weighted by molar-refractivity contribution is -0.121. The van der Waals surface area contributed by atoms with E-state index in [0.717, 1.165) is 0 Å². The molecule has 1 aromatic rings. The number of urea groups is 1. The van der Waals surface area contributed by atoms with Gasteiger partial charge in [0.2, 0.25) is 5.91 Å². The summed E-state index contributed by atoms with van der Waals surface area (Å²) >= 11 is 5.97. The lowest BCUT2D eigenvalue weighted by atomic mass is 9.90. The first kappa shape index (κ1) is 21.3. The molecular weight excluding hydrogens is 425 g/mol. The summed E-state index contributed by atoms with van der Waals surface area (Å²) in [6.45, 7) is 1.07. The van der Waals surface area contributed by atoms with Gasteiger partial charge in [-0.25, -0.2) is 21.9 Å². The fourth-order valence-corrected chi connectivity index (χ4v) is 5.39. The predicted molar refractivity (Wildman–Crippen MR) is 102 cm³/mol. The second-order valence-corrected chi connectivity index (χ2v) is 9.13. The van der Waals surface area contributed by atoms with E-state index in [-0.39, 0.29) is 22.0 Å². The molecule has 156 valence electrons. The van der Waals surface area contributed by atoms with E-state index in [1.54, 1.807) is 6.92 Å². The number of benzene rings is 1. The number of hydrogen-bond donors (Lipinski definition) is 3. The molecule has 0 aliphatic carbocycles. The topological polar surface area (TPSA) is 131 Å². The Bertz CT molecular complexity index is 983. The summed E-state index contributed by atoms with van der Waals surface area (Å²) in [5, 5.41) is 16.6. The number of amides is 3. The number of sulfonamides is 1. The van der Waals surface area contributed by atoms with Crippen LogP contribution in [-0.4, -0.2) is 56.0 Å². The number of nitrogens with zero attached hydrogens (tertiary/aromatic N) is 2. The third-order valence-corrected chi connectivity index (χ3v) is 7.14. The van der Waals surface area contributed by atoms with Gasteiger partial charge in [-0.05, 0) is 25.5 Å². The highest BCUT2D eigenvalue weighted by Crippen LogP contribution is 2.35. The lowest BCUT2D eigenvalue weighted by Crippen LogP contribution is -2.58. The van der Waals surface area contributed by atoms with E-state index in [0.29, 0.717) is 10.8 Å². The number of nitriles is 1. The number of alkyl halides is 1. The van der Waals surface area contributed by atoms with E-state index in [9.17, 15) is 22.4 Å². The number of fused-ring (bicyclic) bond motifs is 1. The SMILES string of the molecule is C[C@H](NC(=O)CN1C(=O)Nc2cccc(Cl)c2S1(=O)=O)C1NCC(C#N)CC1F. The zero-order valence-corrected chi connectivity index (χ0v) is 16.9. The molecule has 0 bridgehead atoms. The molecule has 0 aromatic heterocycles. The first-order valence-corrected chi connectivity index (χ1v) is 10.7. The van der Waals surface area contributed by atoms with Crippen molar-refractivity contribution in [3.05, 3.63) is 23.2 Å². The average molecular weight is 444 g/mol. The minimum absolute atomic E-state index is 0.0336. The first-order chi connectivity index (χ1) is 13.6. The van der Waals surface area contributed by atoms with E-state index in [1.807, 2.05) is 6.07 Å². The van der Waals surface area contributed by atoms with Crippen LogP contribution in [0.15, 0.2) is 23.1 Å². The Morgan fingerprint density at radius 2 is 2.24 bits per heavy atom. The van der Waals surface area contributed by atoms with Crippen LogP contribution >= 0.6 is 11.6 Å². The Labute approximate surface area is 172 Å². The number of piperidine rings is 1. The average Bonchev–Trinajstić information content (AvgIpc) is 2.64. The molecule has 29 heavy (non-hydrogen) atoms. The number of nitrogens with one attached hydrogen (secondary N) is 3. The molecule has 3 rings (SSSR count). The van der Waals surface area contributed by atoms with Gasteiger partial charge in [0.1, 0.15) is 17.6 Å². The van der Waals surface area contributed by atoms with Gasteiger partial charge in [-0.1, -0.05) is 17.7 Å². The second kappa shape index (κ2) is 8.14. The molecule has 1 aromatic carbocycles. The van der Waals surface area contributed by atoms with Crippen molar-refractivity contribution in [3.63, 3.8) is 0 Å². The van der Waals surface area contributed by atoms with Gasteiger partial charge in [-0.2, -0.15) is 5.26 Å². The summed E-state index contributed by atoms with van der Waals surface area (Å²) in [5.74, 6) is -1.22. The number of hydrogen-bond acceptors (Lipinski definition) is 6. The summed E-state index contributed by atoms with van der Waals surface area (Å²) in [4.78, 5) is 24.3. The summed E-state index contributed by atoms with van der Waals surface area (Å²) in [6.07, 6.45) is -1.30. The number of carbonyl (C=O) groups excluding carboxylic acids is 2. The molecule has 0 radical (unpaired) electrons. The van der Waals surface area contributed by atoms with Crippen molar-refractivity contribution < 1.29 is 22.4 Å². The highest BCUT2D eigenvalue weighted by molar-refractivity contribution is 7.90. The highest BCUT2D eigenvalue weighted by Gasteiger charge is 2.40. The van der Waals surface area contributed by atoms with Crippen LogP contribution < -0.4 is 16.0 Å². The van der Waals surface area contributed by atoms with Gasteiger partial charge in [0, 0.05) is 12.6 Å². The number of carbonyl (C=O) groups is 2. The standard InChI is InChI=1S/C17H19ClFN5O4S/c1-9(15-12(19)5-10(6-20)7-21-15)22-14(25)8-24-17(26)23-13-4-2-3-11(18)16(13)29(24,27)28/h2-4,9-10,12,15,21H,5,7-8H2,1H3,(H,22,25)(H,23,26)/t9-,10?,12?,15?/m0/s1. The maximum absolute atomic E-state index is 14.3. The van der Waals surface area contributed by atoms with E-state index >= 15 is 0 Å². The predicted octanol–water partition coefficient (Wildman–Crippen LogP) is 1.22. The second-order valence-electron chi connectivity index (χ2n) is 6.93. The summed E-state index contributed by atoms with van der Waals surface area (Å²) in [6, 6.07) is 3.83. The zero-order chi connectivity index (χ0) is 21.3. The third-order valence-electron chi connectivity index (χ3n) is 4.88. The molecule has 1 fully saturated rings. The van der Waals surface area contributed by atoms with Crippen molar-refractivity contribution in [1.82, 2.24) is 14.9 Å². The fraction of sp³-hybridized carbons (Fsp3) is 0.471. The lowest BCUT2D eigenvalue weighted by Gasteiger charge is -2.35.